The van der Waals surface area contributed by atoms with Crippen LogP contribution in [-0.4, -0.2) is 40.6 Å². The third kappa shape index (κ3) is 3.97. The highest BCUT2D eigenvalue weighted by molar-refractivity contribution is 9.10. The molecule has 1 aliphatic heterocycles. The highest BCUT2D eigenvalue weighted by Gasteiger charge is 2.33. The lowest BCUT2D eigenvalue weighted by Crippen LogP contribution is -2.43. The number of hydrogen-bond acceptors (Lipinski definition) is 3. The SMILES string of the molecule is CC(Oc1ccccc1Br)C(=O)N1CCCC1CC(=O)O. The van der Waals surface area contributed by atoms with Crippen LogP contribution in [0.5, 0.6) is 5.75 Å². The van der Waals surface area contributed by atoms with Crippen LogP contribution in [0.1, 0.15) is 26.2 Å². The summed E-state index contributed by atoms with van der Waals surface area (Å²) in [6.45, 7) is 2.29. The van der Waals surface area contributed by atoms with Gasteiger partial charge in [0.25, 0.3) is 5.91 Å². The lowest BCUT2D eigenvalue weighted by atomic mass is 10.1. The Morgan fingerprint density at radius 1 is 1.48 bits per heavy atom. The van der Waals surface area contributed by atoms with Gasteiger partial charge in [0.15, 0.2) is 6.10 Å². The summed E-state index contributed by atoms with van der Waals surface area (Å²) in [5.41, 5.74) is 0. The number of carboxylic acids is 1. The molecule has 0 saturated carbocycles. The number of nitrogens with zero attached hydrogens (tertiary/aromatic N) is 1. The quantitative estimate of drug-likeness (QED) is 0.881. The summed E-state index contributed by atoms with van der Waals surface area (Å²) in [7, 11) is 0. The Kier molecular flexibility index (Phi) is 5.22. The van der Waals surface area contributed by atoms with Crippen LogP contribution in [0.15, 0.2) is 28.7 Å². The molecule has 1 heterocycles. The maximum Gasteiger partial charge on any atom is 0.305 e. The Hall–Kier alpha value is -1.56. The van der Waals surface area contributed by atoms with E-state index in [-0.39, 0.29) is 18.4 Å². The van der Waals surface area contributed by atoms with Crippen molar-refractivity contribution >= 4 is 27.8 Å². The lowest BCUT2D eigenvalue weighted by molar-refractivity contribution is -0.142. The number of carbonyl (C=O) groups excluding carboxylic acids is 1. The molecule has 2 rings (SSSR count). The molecule has 0 radical (unpaired) electrons. The van der Waals surface area contributed by atoms with E-state index in [1.807, 2.05) is 18.2 Å². The topological polar surface area (TPSA) is 66.8 Å². The van der Waals surface area contributed by atoms with Crippen LogP contribution in [0.3, 0.4) is 0 Å². The van der Waals surface area contributed by atoms with Crippen LogP contribution < -0.4 is 4.74 Å². The second-order valence-electron chi connectivity index (χ2n) is 5.12. The van der Waals surface area contributed by atoms with Crippen molar-refractivity contribution < 1.29 is 19.4 Å². The van der Waals surface area contributed by atoms with Gasteiger partial charge in [0, 0.05) is 12.6 Å². The number of hydrogen-bond donors (Lipinski definition) is 1. The number of carboxylic acid groups (broad SMARTS) is 1. The van der Waals surface area contributed by atoms with Crippen molar-refractivity contribution in [2.75, 3.05) is 6.54 Å². The highest BCUT2D eigenvalue weighted by Crippen LogP contribution is 2.26. The van der Waals surface area contributed by atoms with Gasteiger partial charge in [0.05, 0.1) is 10.9 Å². The van der Waals surface area contributed by atoms with Crippen molar-refractivity contribution in [3.8, 4) is 5.75 Å². The van der Waals surface area contributed by atoms with Gasteiger partial charge in [0.1, 0.15) is 5.75 Å². The van der Waals surface area contributed by atoms with E-state index in [1.165, 1.54) is 0 Å². The van der Waals surface area contributed by atoms with Gasteiger partial charge in [-0.25, -0.2) is 0 Å². The molecule has 5 nitrogen and oxygen atoms in total. The molecule has 1 aliphatic rings. The Morgan fingerprint density at radius 3 is 2.86 bits per heavy atom. The fourth-order valence-electron chi connectivity index (χ4n) is 2.55. The zero-order valence-electron chi connectivity index (χ0n) is 11.8. The zero-order valence-corrected chi connectivity index (χ0v) is 13.4. The van der Waals surface area contributed by atoms with E-state index < -0.39 is 12.1 Å². The van der Waals surface area contributed by atoms with Crippen molar-refractivity contribution in [2.24, 2.45) is 0 Å². The molecule has 0 aliphatic carbocycles. The predicted molar refractivity (Wildman–Crippen MR) is 81.2 cm³/mol. The lowest BCUT2D eigenvalue weighted by Gasteiger charge is -2.27. The Labute approximate surface area is 132 Å². The maximum absolute atomic E-state index is 12.4. The van der Waals surface area contributed by atoms with E-state index in [4.69, 9.17) is 9.84 Å². The number of aliphatic carboxylic acids is 1. The number of carbonyl (C=O) groups is 2. The van der Waals surface area contributed by atoms with E-state index in [9.17, 15) is 9.59 Å². The molecule has 0 aromatic heterocycles. The Bertz CT molecular complexity index is 534. The smallest absolute Gasteiger partial charge is 0.305 e. The molecule has 1 aromatic rings. The number of likely N-dealkylation sites (tertiary alicyclic amines) is 1. The normalized spacial score (nSPS) is 19.3. The number of ether oxygens (including phenoxy) is 1. The van der Waals surface area contributed by atoms with Gasteiger partial charge >= 0.3 is 5.97 Å². The van der Waals surface area contributed by atoms with Gasteiger partial charge in [-0.05, 0) is 47.8 Å². The first-order valence-corrected chi connectivity index (χ1v) is 7.72. The first-order valence-electron chi connectivity index (χ1n) is 6.92. The van der Waals surface area contributed by atoms with Gasteiger partial charge in [0.2, 0.25) is 0 Å². The highest BCUT2D eigenvalue weighted by atomic mass is 79.9. The minimum Gasteiger partial charge on any atom is -0.481 e. The van der Waals surface area contributed by atoms with E-state index in [0.29, 0.717) is 12.3 Å². The molecular weight excluding hydrogens is 338 g/mol. The van der Waals surface area contributed by atoms with Crippen molar-refractivity contribution in [3.05, 3.63) is 28.7 Å². The van der Waals surface area contributed by atoms with Crippen molar-refractivity contribution in [1.82, 2.24) is 4.90 Å². The van der Waals surface area contributed by atoms with Crippen molar-refractivity contribution in [3.63, 3.8) is 0 Å². The first kappa shape index (κ1) is 15.8. The third-order valence-corrected chi connectivity index (χ3v) is 4.21. The number of rotatable bonds is 5. The van der Waals surface area contributed by atoms with Gasteiger partial charge in [-0.1, -0.05) is 12.1 Å². The Morgan fingerprint density at radius 2 is 2.19 bits per heavy atom. The average molecular weight is 356 g/mol. The summed E-state index contributed by atoms with van der Waals surface area (Å²) in [6, 6.07) is 7.11. The summed E-state index contributed by atoms with van der Waals surface area (Å²) >= 11 is 3.37. The Balaban J connectivity index is 2.02. The first-order chi connectivity index (χ1) is 9.99. The largest absolute Gasteiger partial charge is 0.481 e. The van der Waals surface area contributed by atoms with Crippen LogP contribution in [0.25, 0.3) is 0 Å². The number of benzene rings is 1. The maximum atomic E-state index is 12.4. The molecule has 1 saturated heterocycles. The molecule has 114 valence electrons. The molecule has 2 unspecified atom stereocenters. The molecule has 1 aromatic carbocycles. The van der Waals surface area contributed by atoms with Gasteiger partial charge in [-0.2, -0.15) is 0 Å². The monoisotopic (exact) mass is 355 g/mol. The zero-order chi connectivity index (χ0) is 15.4. The van der Waals surface area contributed by atoms with E-state index in [0.717, 1.165) is 17.3 Å². The molecule has 6 heteroatoms. The van der Waals surface area contributed by atoms with Crippen LogP contribution in [0.4, 0.5) is 0 Å². The second-order valence-corrected chi connectivity index (χ2v) is 5.97. The van der Waals surface area contributed by atoms with Gasteiger partial charge in [-0.15, -0.1) is 0 Å². The molecule has 1 amide bonds. The van der Waals surface area contributed by atoms with E-state index in [1.54, 1.807) is 17.9 Å². The van der Waals surface area contributed by atoms with Gasteiger partial charge < -0.3 is 14.7 Å². The fraction of sp³-hybridized carbons (Fsp3) is 0.467. The molecule has 1 fully saturated rings. The summed E-state index contributed by atoms with van der Waals surface area (Å²) in [5.74, 6) is -0.430. The molecule has 2 atom stereocenters. The molecule has 1 N–H and O–H groups in total. The van der Waals surface area contributed by atoms with Crippen molar-refractivity contribution in [1.29, 1.82) is 0 Å². The van der Waals surface area contributed by atoms with Crippen molar-refractivity contribution in [2.45, 2.75) is 38.3 Å². The average Bonchev–Trinajstić information content (AvgIpc) is 2.87. The van der Waals surface area contributed by atoms with E-state index in [2.05, 4.69) is 15.9 Å². The molecule has 0 bridgehead atoms. The van der Waals surface area contributed by atoms with Gasteiger partial charge in [-0.3, -0.25) is 9.59 Å². The van der Waals surface area contributed by atoms with Crippen LogP contribution >= 0.6 is 15.9 Å². The van der Waals surface area contributed by atoms with E-state index >= 15 is 0 Å². The fourth-order valence-corrected chi connectivity index (χ4v) is 2.93. The van der Waals surface area contributed by atoms with Crippen LogP contribution in [-0.2, 0) is 9.59 Å². The second kappa shape index (κ2) is 6.93. The molecule has 21 heavy (non-hydrogen) atoms. The number of para-hydroxylation sites is 1. The standard InChI is InChI=1S/C15H18BrNO4/c1-10(21-13-7-3-2-6-12(13)16)15(20)17-8-4-5-11(17)9-14(18)19/h2-3,6-7,10-11H,4-5,8-9H2,1H3,(H,18,19). The summed E-state index contributed by atoms with van der Waals surface area (Å²) in [6.07, 6.45) is 0.928. The van der Waals surface area contributed by atoms with Crippen LogP contribution in [0.2, 0.25) is 0 Å². The summed E-state index contributed by atoms with van der Waals surface area (Å²) in [4.78, 5) is 24.9. The third-order valence-electron chi connectivity index (χ3n) is 3.56. The molecule has 0 spiro atoms. The predicted octanol–water partition coefficient (Wildman–Crippen LogP) is 2.68. The summed E-state index contributed by atoms with van der Waals surface area (Å²) < 4.78 is 6.47. The minimum absolute atomic E-state index is 0.00646. The molecular formula is C15H18BrNO4. The number of halogens is 1. The van der Waals surface area contributed by atoms with Crippen LogP contribution in [0, 0.1) is 0 Å². The number of amides is 1. The minimum atomic E-state index is -0.876. The summed E-state index contributed by atoms with van der Waals surface area (Å²) in [5, 5.41) is 8.91.